The van der Waals surface area contributed by atoms with Crippen LogP contribution in [0.5, 0.6) is 5.75 Å². The van der Waals surface area contributed by atoms with E-state index in [1.54, 1.807) is 84.3 Å². The number of H-pyrrole nitrogens is 2. The van der Waals surface area contributed by atoms with E-state index in [1.807, 2.05) is 32.0 Å². The number of carboxylic acids is 2. The third kappa shape index (κ3) is 28.0. The second kappa shape index (κ2) is 45.8. The number of aliphatic hydroxyl groups is 1. The molecule has 0 spiro atoms. The van der Waals surface area contributed by atoms with E-state index in [0.29, 0.717) is 46.9 Å². The second-order valence-electron chi connectivity index (χ2n) is 33.1. The summed E-state index contributed by atoms with van der Waals surface area (Å²) in [6, 6.07) is 0.410. The number of nitrogens with zero attached hydrogens (tertiary/aromatic N) is 2. The van der Waals surface area contributed by atoms with Crippen LogP contribution >= 0.6 is 0 Å². The Bertz CT molecular complexity index is 4450. The summed E-state index contributed by atoms with van der Waals surface area (Å²) in [4.78, 5) is 222. The van der Waals surface area contributed by atoms with Gasteiger partial charge in [-0.2, -0.15) is 0 Å². The predicted octanol–water partition coefficient (Wildman–Crippen LogP) is 1.32. The maximum Gasteiger partial charge on any atom is 0.325 e. The zero-order valence-corrected chi connectivity index (χ0v) is 70.7. The molecule has 0 unspecified atom stereocenters. The van der Waals surface area contributed by atoms with Gasteiger partial charge in [0.05, 0.1) is 18.6 Å². The lowest BCUT2D eigenvalue weighted by molar-refractivity contribution is -0.146. The lowest BCUT2D eigenvalue weighted by Crippen LogP contribution is -2.62. The van der Waals surface area contributed by atoms with Gasteiger partial charge in [-0.3, -0.25) is 71.9 Å². The van der Waals surface area contributed by atoms with Crippen molar-refractivity contribution in [2.45, 2.75) is 263 Å². The number of unbranched alkanes of at least 4 members (excludes halogenated alkanes) is 1. The maximum absolute atomic E-state index is 15.0. The molecule has 0 saturated carbocycles. The molecule has 0 aliphatic carbocycles. The van der Waals surface area contributed by atoms with E-state index in [2.05, 4.69) is 68.5 Å². The van der Waals surface area contributed by atoms with Crippen LogP contribution in [0.15, 0.2) is 85.2 Å². The van der Waals surface area contributed by atoms with Crippen molar-refractivity contribution in [3.63, 3.8) is 0 Å². The quantitative estimate of drug-likeness (QED) is 0.0244. The van der Waals surface area contributed by atoms with Crippen molar-refractivity contribution in [1.82, 2.24) is 78.3 Å². The van der Waals surface area contributed by atoms with Crippen LogP contribution in [0.2, 0.25) is 0 Å². The lowest BCUT2D eigenvalue weighted by Gasteiger charge is -2.31. The van der Waals surface area contributed by atoms with Gasteiger partial charge in [-0.1, -0.05) is 110 Å². The van der Waals surface area contributed by atoms with E-state index < -0.39 is 192 Å². The number of aromatic amines is 2. The van der Waals surface area contributed by atoms with Crippen LogP contribution in [0.25, 0.3) is 21.8 Å². The predicted molar refractivity (Wildman–Crippen MR) is 448 cm³/mol. The molecular weight excluding hydrogens is 1560 g/mol. The molecule has 21 N–H and O–H groups in total. The van der Waals surface area contributed by atoms with Crippen LogP contribution < -0.4 is 70.0 Å². The first-order chi connectivity index (χ1) is 57.3. The number of rotatable bonds is 46. The Hall–Kier alpha value is -11.5. The number of para-hydroxylation sites is 2. The molecule has 2 saturated heterocycles. The Morgan fingerprint density at radius 1 is 0.463 bits per heavy atom. The van der Waals surface area contributed by atoms with Crippen molar-refractivity contribution in [1.29, 1.82) is 0 Å². The van der Waals surface area contributed by atoms with Gasteiger partial charge >= 0.3 is 11.9 Å². The van der Waals surface area contributed by atoms with Gasteiger partial charge in [-0.25, -0.2) is 0 Å². The number of carbonyl (C=O) groups is 15. The Labute approximate surface area is 703 Å². The number of nitrogens with one attached hydrogen (secondary N) is 13. The summed E-state index contributed by atoms with van der Waals surface area (Å²) in [6.07, 6.45) is 1.78. The highest BCUT2D eigenvalue weighted by Crippen LogP contribution is 2.27. The molecule has 662 valence electrons. The Balaban J connectivity index is 1.09. The van der Waals surface area contributed by atoms with Gasteiger partial charge in [0, 0.05) is 66.6 Å². The first-order valence-electron chi connectivity index (χ1n) is 41.7. The monoisotopic (exact) mass is 1690 g/mol. The van der Waals surface area contributed by atoms with Gasteiger partial charge in [-0.15, -0.1) is 0 Å². The van der Waals surface area contributed by atoms with E-state index in [9.17, 15) is 92.3 Å². The number of benzene rings is 3. The van der Waals surface area contributed by atoms with Gasteiger partial charge in [0.2, 0.25) is 76.8 Å². The number of carbonyl (C=O) groups excluding carboxylic acids is 13. The molecule has 0 bridgehead atoms. The van der Waals surface area contributed by atoms with Gasteiger partial charge in [0.25, 0.3) is 0 Å². The molecule has 3 aromatic carbocycles. The molecule has 5 aromatic rings. The average molecular weight is 1690 g/mol. The molecule has 2 aromatic heterocycles. The molecular formula is C85H123N17O19. The Morgan fingerprint density at radius 2 is 0.868 bits per heavy atom. The topological polar surface area (TPSA) is 559 Å². The Morgan fingerprint density at radius 3 is 1.35 bits per heavy atom. The van der Waals surface area contributed by atoms with Crippen LogP contribution in [-0.2, 0) is 91.2 Å². The summed E-state index contributed by atoms with van der Waals surface area (Å²) in [5, 5.41) is 72.2. The van der Waals surface area contributed by atoms with E-state index in [0.717, 1.165) is 15.8 Å². The van der Waals surface area contributed by atoms with Crippen LogP contribution in [0.4, 0.5) is 0 Å². The van der Waals surface area contributed by atoms with Crippen LogP contribution in [-0.4, -0.2) is 239 Å². The maximum atomic E-state index is 15.0. The van der Waals surface area contributed by atoms with Crippen molar-refractivity contribution in [2.24, 2.45) is 35.1 Å². The SMILES string of the molecule is CC[C@H](C)[C@H](NC(=O)[C@H](C)N)C(=O)N[C@@H](Cc1c[nH]c2ccccc12)C(=O)N[C@@H](Cc1ccc(O)cc1)C(=O)N[C@@H](CC(=O)O)C(=O)N1CCC[C@H]1C(=O)N[C@@H](CC(C)C)C(=O)N[C@H](C(=O)N[C@@H](CCCCN)C(=O)N[C@@H](CC(C)C)C(=O)N[C@@H](Cc1c[nH]c2ccccc12)C(=O)N[C@@H](CC(C)C)C(=O)N1CCC[C@H]1C(=O)N[C@@H](C)C(=O)O)[C@@H](C)O. The van der Waals surface area contributed by atoms with E-state index >= 15 is 0 Å². The number of fused-ring (bicyclic) bond motifs is 2. The first-order valence-corrected chi connectivity index (χ1v) is 41.7. The highest BCUT2D eigenvalue weighted by molar-refractivity contribution is 6.02. The number of aromatic hydroxyl groups is 1. The molecule has 7 rings (SSSR count). The zero-order chi connectivity index (χ0) is 89.2. The summed E-state index contributed by atoms with van der Waals surface area (Å²) in [5.41, 5.74) is 14.8. The van der Waals surface area contributed by atoms with E-state index in [-0.39, 0.29) is 114 Å². The minimum atomic E-state index is -1.90. The fourth-order valence-corrected chi connectivity index (χ4v) is 14.9. The molecule has 2 aliphatic rings. The molecule has 0 radical (unpaired) electrons. The van der Waals surface area contributed by atoms with Crippen LogP contribution in [0.3, 0.4) is 0 Å². The van der Waals surface area contributed by atoms with Gasteiger partial charge in [-0.05, 0) is 156 Å². The summed E-state index contributed by atoms with van der Waals surface area (Å²) in [5.74, 6) is -15.3. The highest BCUT2D eigenvalue weighted by Gasteiger charge is 2.44. The number of nitrogens with two attached hydrogens (primary N) is 2. The number of aliphatic carboxylic acids is 2. The minimum absolute atomic E-state index is 0.0116. The average Bonchev–Trinajstić information content (AvgIpc) is 1.73. The van der Waals surface area contributed by atoms with Crippen LogP contribution in [0.1, 0.15) is 170 Å². The molecule has 16 atom stereocenters. The smallest absolute Gasteiger partial charge is 0.325 e. The van der Waals surface area contributed by atoms with Crippen molar-refractivity contribution in [2.75, 3.05) is 19.6 Å². The van der Waals surface area contributed by atoms with Crippen molar-refractivity contribution in [3.8, 4) is 5.75 Å². The molecule has 13 amide bonds. The summed E-state index contributed by atoms with van der Waals surface area (Å²) < 4.78 is 0. The molecule has 36 nitrogen and oxygen atoms in total. The lowest BCUT2D eigenvalue weighted by atomic mass is 9.96. The third-order valence-corrected chi connectivity index (χ3v) is 21.7. The zero-order valence-electron chi connectivity index (χ0n) is 70.7. The summed E-state index contributed by atoms with van der Waals surface area (Å²) in [7, 11) is 0. The number of carboxylic acid groups (broad SMARTS) is 2. The summed E-state index contributed by atoms with van der Waals surface area (Å²) >= 11 is 0. The number of hydrogen-bond donors (Lipinski definition) is 19. The standard InChI is InChI=1S/C85H123N17O19/c1-12-47(8)70(99-72(107)48(9)87)81(116)96-64(40-53-43-89-58-24-16-14-22-56(53)58)76(111)93-62(38-51-28-30-54(104)31-29-51)75(110)98-66(41-69(105)106)84(119)102-34-20-27-68(102)80(115)95-61(36-45(4)5)78(113)100-71(50(11)103)82(117)91-59(25-17-18-32-86)73(108)92-60(35-44(2)3)74(109)94-63(39-52-42-88-57-23-15-13-21-55(52)57)77(112)97-65(37-46(6)7)83(118)101-33-19-26-67(101)79(114)90-49(10)85(120)121/h13-16,21-24,28-31,42-50,59-68,70-71,88-89,103-104H,12,17-20,25-27,32-41,86-87H2,1-11H3,(H,90,114)(H,91,117)(H,92,108)(H,93,111)(H,94,109)(H,95,115)(H,96,116)(H,97,112)(H,98,110)(H,99,107)(H,100,113)(H,105,106)(H,120,121)/t47-,48-,49-,50+,59-,60-,61-,62-,63-,64-,65-,66-,67-,68-,70-,71-/m0/s1. The molecule has 36 heteroatoms. The third-order valence-electron chi connectivity index (χ3n) is 21.7. The second-order valence-corrected chi connectivity index (χ2v) is 33.1. The number of likely N-dealkylation sites (tertiary alicyclic amines) is 2. The summed E-state index contributed by atoms with van der Waals surface area (Å²) in [6.45, 7) is 18.3. The fourth-order valence-electron chi connectivity index (χ4n) is 14.9. The minimum Gasteiger partial charge on any atom is -0.508 e. The van der Waals surface area contributed by atoms with Gasteiger partial charge in [0.1, 0.15) is 84.3 Å². The van der Waals surface area contributed by atoms with Crippen molar-refractivity contribution >= 4 is 111 Å². The number of aliphatic hydroxyl groups excluding tert-OH is 1. The number of amides is 13. The molecule has 121 heavy (non-hydrogen) atoms. The number of hydrogen-bond acceptors (Lipinski definition) is 19. The van der Waals surface area contributed by atoms with E-state index in [1.165, 1.54) is 49.9 Å². The number of phenols is 1. The van der Waals surface area contributed by atoms with Crippen molar-refractivity contribution < 1.29 is 92.3 Å². The van der Waals surface area contributed by atoms with Gasteiger partial charge < -0.3 is 110 Å². The highest BCUT2D eigenvalue weighted by atomic mass is 16.4. The van der Waals surface area contributed by atoms with Crippen molar-refractivity contribution in [3.05, 3.63) is 102 Å². The van der Waals surface area contributed by atoms with Crippen LogP contribution in [0, 0.1) is 23.7 Å². The Kier molecular flexibility index (Phi) is 36.5. The largest absolute Gasteiger partial charge is 0.508 e. The molecule has 2 fully saturated rings. The molecule has 2 aliphatic heterocycles. The first kappa shape index (κ1) is 96.6. The fraction of sp³-hybridized carbons (Fsp3) is 0.565. The van der Waals surface area contributed by atoms with Gasteiger partial charge in [0.15, 0.2) is 0 Å². The molecule has 4 heterocycles. The number of aromatic nitrogens is 2. The normalized spacial score (nSPS) is 17.5. The van der Waals surface area contributed by atoms with E-state index in [4.69, 9.17) is 11.5 Å². The number of phenolic OH excluding ortho intramolecular Hbond substituents is 1.